The van der Waals surface area contributed by atoms with Gasteiger partial charge in [0.2, 0.25) is 0 Å². The standard InChI is InChI=1S/C12H15N3/c1-9-3-4-10(2)11(7-9)15-6-5-14-12(15)8-13/h3-7H,8,13H2,1-2H3. The summed E-state index contributed by atoms with van der Waals surface area (Å²) in [6.45, 7) is 4.64. The maximum absolute atomic E-state index is 5.64. The number of nitrogens with zero attached hydrogens (tertiary/aromatic N) is 2. The second-order valence-electron chi connectivity index (χ2n) is 3.71. The van der Waals surface area contributed by atoms with Crippen molar-refractivity contribution >= 4 is 0 Å². The van der Waals surface area contributed by atoms with Crippen molar-refractivity contribution in [2.45, 2.75) is 20.4 Å². The van der Waals surface area contributed by atoms with Crippen LogP contribution in [0.4, 0.5) is 0 Å². The van der Waals surface area contributed by atoms with Crippen LogP contribution >= 0.6 is 0 Å². The minimum Gasteiger partial charge on any atom is -0.324 e. The van der Waals surface area contributed by atoms with Crippen LogP contribution in [0.1, 0.15) is 17.0 Å². The Kier molecular flexibility index (Phi) is 2.56. The van der Waals surface area contributed by atoms with Crippen LogP contribution in [-0.4, -0.2) is 9.55 Å². The summed E-state index contributed by atoms with van der Waals surface area (Å²) in [5, 5.41) is 0. The highest BCUT2D eigenvalue weighted by molar-refractivity contribution is 5.43. The van der Waals surface area contributed by atoms with Crippen LogP contribution in [0.15, 0.2) is 30.6 Å². The summed E-state index contributed by atoms with van der Waals surface area (Å²) in [6, 6.07) is 6.37. The number of hydrogen-bond acceptors (Lipinski definition) is 2. The van der Waals surface area contributed by atoms with Gasteiger partial charge in [0.1, 0.15) is 5.82 Å². The number of rotatable bonds is 2. The topological polar surface area (TPSA) is 43.8 Å². The van der Waals surface area contributed by atoms with Crippen LogP contribution in [0.25, 0.3) is 5.69 Å². The Morgan fingerprint density at radius 1 is 1.33 bits per heavy atom. The molecule has 2 rings (SSSR count). The summed E-state index contributed by atoms with van der Waals surface area (Å²) < 4.78 is 2.04. The largest absolute Gasteiger partial charge is 0.324 e. The molecule has 1 heterocycles. The highest BCUT2D eigenvalue weighted by Gasteiger charge is 2.05. The van der Waals surface area contributed by atoms with Gasteiger partial charge in [-0.3, -0.25) is 0 Å². The lowest BCUT2D eigenvalue weighted by molar-refractivity contribution is 0.862. The monoisotopic (exact) mass is 201 g/mol. The Hall–Kier alpha value is -1.61. The highest BCUT2D eigenvalue weighted by Crippen LogP contribution is 2.17. The number of imidazole rings is 1. The molecule has 0 fully saturated rings. The van der Waals surface area contributed by atoms with E-state index in [9.17, 15) is 0 Å². The summed E-state index contributed by atoms with van der Waals surface area (Å²) in [4.78, 5) is 4.22. The molecule has 0 spiro atoms. The van der Waals surface area contributed by atoms with Crippen molar-refractivity contribution in [1.82, 2.24) is 9.55 Å². The second-order valence-corrected chi connectivity index (χ2v) is 3.71. The molecule has 2 aromatic rings. The van der Waals surface area contributed by atoms with Crippen LogP contribution in [0, 0.1) is 13.8 Å². The number of hydrogen-bond donors (Lipinski definition) is 1. The molecule has 1 aromatic heterocycles. The van der Waals surface area contributed by atoms with E-state index in [1.165, 1.54) is 11.1 Å². The van der Waals surface area contributed by atoms with Gasteiger partial charge in [0.05, 0.1) is 6.54 Å². The Morgan fingerprint density at radius 2 is 2.13 bits per heavy atom. The molecule has 0 radical (unpaired) electrons. The van der Waals surface area contributed by atoms with Gasteiger partial charge < -0.3 is 10.3 Å². The SMILES string of the molecule is Cc1ccc(C)c(-n2ccnc2CN)c1. The van der Waals surface area contributed by atoms with E-state index in [1.807, 2.05) is 10.8 Å². The lowest BCUT2D eigenvalue weighted by atomic mass is 10.1. The predicted molar refractivity (Wildman–Crippen MR) is 60.9 cm³/mol. The first-order chi connectivity index (χ1) is 7.22. The Balaban J connectivity index is 2.58. The fourth-order valence-corrected chi connectivity index (χ4v) is 1.68. The van der Waals surface area contributed by atoms with Gasteiger partial charge in [-0.05, 0) is 31.0 Å². The molecular formula is C12H15N3. The van der Waals surface area contributed by atoms with Gasteiger partial charge in [0, 0.05) is 18.1 Å². The molecule has 0 unspecified atom stereocenters. The lowest BCUT2D eigenvalue weighted by Gasteiger charge is -2.10. The molecule has 78 valence electrons. The zero-order chi connectivity index (χ0) is 10.8. The number of aromatic nitrogens is 2. The van der Waals surface area contributed by atoms with Gasteiger partial charge in [0.25, 0.3) is 0 Å². The zero-order valence-electron chi connectivity index (χ0n) is 9.07. The first kappa shape index (κ1) is 9.93. The van der Waals surface area contributed by atoms with E-state index in [1.54, 1.807) is 6.20 Å². The maximum atomic E-state index is 5.64. The van der Waals surface area contributed by atoms with E-state index in [0.29, 0.717) is 6.54 Å². The molecule has 0 saturated heterocycles. The third-order valence-corrected chi connectivity index (χ3v) is 2.52. The van der Waals surface area contributed by atoms with Crippen LogP contribution in [-0.2, 0) is 6.54 Å². The third-order valence-electron chi connectivity index (χ3n) is 2.52. The smallest absolute Gasteiger partial charge is 0.126 e. The van der Waals surface area contributed by atoms with Crippen LogP contribution < -0.4 is 5.73 Å². The first-order valence-electron chi connectivity index (χ1n) is 5.02. The average Bonchev–Trinajstić information content (AvgIpc) is 2.69. The molecule has 0 atom stereocenters. The van der Waals surface area contributed by atoms with Crippen molar-refractivity contribution in [3.63, 3.8) is 0 Å². The molecule has 0 aliphatic rings. The Morgan fingerprint density at radius 3 is 2.87 bits per heavy atom. The predicted octanol–water partition coefficient (Wildman–Crippen LogP) is 1.95. The van der Waals surface area contributed by atoms with E-state index < -0.39 is 0 Å². The fourth-order valence-electron chi connectivity index (χ4n) is 1.68. The zero-order valence-corrected chi connectivity index (χ0v) is 9.07. The molecule has 1 aromatic carbocycles. The summed E-state index contributed by atoms with van der Waals surface area (Å²) in [5.41, 5.74) is 9.27. The lowest BCUT2D eigenvalue weighted by Crippen LogP contribution is -2.07. The normalized spacial score (nSPS) is 10.6. The molecule has 3 nitrogen and oxygen atoms in total. The number of benzene rings is 1. The number of aryl methyl sites for hydroxylation is 2. The van der Waals surface area contributed by atoms with Crippen LogP contribution in [0.2, 0.25) is 0 Å². The minimum absolute atomic E-state index is 0.459. The van der Waals surface area contributed by atoms with Gasteiger partial charge in [-0.1, -0.05) is 12.1 Å². The van der Waals surface area contributed by atoms with Crippen LogP contribution in [0.3, 0.4) is 0 Å². The van der Waals surface area contributed by atoms with Crippen molar-refractivity contribution in [1.29, 1.82) is 0 Å². The van der Waals surface area contributed by atoms with Crippen molar-refractivity contribution < 1.29 is 0 Å². The van der Waals surface area contributed by atoms with Crippen molar-refractivity contribution in [3.8, 4) is 5.69 Å². The van der Waals surface area contributed by atoms with E-state index in [0.717, 1.165) is 11.5 Å². The summed E-state index contributed by atoms with van der Waals surface area (Å²) >= 11 is 0. The molecule has 0 aliphatic carbocycles. The van der Waals surface area contributed by atoms with Crippen LogP contribution in [0.5, 0.6) is 0 Å². The fraction of sp³-hybridized carbons (Fsp3) is 0.250. The van der Waals surface area contributed by atoms with Gasteiger partial charge in [-0.15, -0.1) is 0 Å². The third kappa shape index (κ3) is 1.78. The van der Waals surface area contributed by atoms with Gasteiger partial charge >= 0.3 is 0 Å². The van der Waals surface area contributed by atoms with E-state index in [-0.39, 0.29) is 0 Å². The number of nitrogens with two attached hydrogens (primary N) is 1. The maximum Gasteiger partial charge on any atom is 0.126 e. The van der Waals surface area contributed by atoms with Gasteiger partial charge in [0.15, 0.2) is 0 Å². The summed E-state index contributed by atoms with van der Waals surface area (Å²) in [6.07, 6.45) is 3.73. The summed E-state index contributed by atoms with van der Waals surface area (Å²) in [7, 11) is 0. The molecule has 0 amide bonds. The van der Waals surface area contributed by atoms with E-state index in [4.69, 9.17) is 5.73 Å². The minimum atomic E-state index is 0.459. The average molecular weight is 201 g/mol. The van der Waals surface area contributed by atoms with Gasteiger partial charge in [-0.2, -0.15) is 0 Å². The molecule has 0 bridgehead atoms. The van der Waals surface area contributed by atoms with E-state index in [2.05, 4.69) is 37.0 Å². The molecule has 2 N–H and O–H groups in total. The van der Waals surface area contributed by atoms with Crippen molar-refractivity contribution in [2.24, 2.45) is 5.73 Å². The molecular weight excluding hydrogens is 186 g/mol. The molecule has 15 heavy (non-hydrogen) atoms. The first-order valence-corrected chi connectivity index (χ1v) is 5.02. The molecule has 0 aliphatic heterocycles. The van der Waals surface area contributed by atoms with Crippen molar-refractivity contribution in [3.05, 3.63) is 47.5 Å². The Labute approximate surface area is 89.6 Å². The highest BCUT2D eigenvalue weighted by atomic mass is 15.1. The second kappa shape index (κ2) is 3.87. The van der Waals surface area contributed by atoms with E-state index >= 15 is 0 Å². The molecule has 3 heteroatoms. The van der Waals surface area contributed by atoms with Crippen molar-refractivity contribution in [2.75, 3.05) is 0 Å². The molecule has 0 saturated carbocycles. The van der Waals surface area contributed by atoms with Gasteiger partial charge in [-0.25, -0.2) is 4.98 Å². The quantitative estimate of drug-likeness (QED) is 0.807. The Bertz CT molecular complexity index is 471. The summed E-state index contributed by atoms with van der Waals surface area (Å²) in [5.74, 6) is 0.892.